The van der Waals surface area contributed by atoms with Crippen molar-refractivity contribution in [1.29, 1.82) is 0 Å². The number of benzene rings is 2. The zero-order valence-electron chi connectivity index (χ0n) is 22.4. The molecule has 196 valence electrons. The predicted molar refractivity (Wildman–Crippen MR) is 168 cm³/mol. The van der Waals surface area contributed by atoms with Crippen molar-refractivity contribution in [1.82, 2.24) is 19.9 Å². The van der Waals surface area contributed by atoms with Crippen LogP contribution in [0.5, 0.6) is 0 Å². The molecule has 3 N–H and O–H groups in total. The molecule has 0 saturated heterocycles. The van der Waals surface area contributed by atoms with E-state index in [2.05, 4.69) is 76.4 Å². The Morgan fingerprint density at radius 3 is 1.93 bits per heavy atom. The third-order valence-corrected chi connectivity index (χ3v) is 7.11. The Labute approximate surface area is 237 Å². The maximum atomic E-state index is 10.0. The van der Waals surface area contributed by atoms with Crippen LogP contribution in [0.15, 0.2) is 91.0 Å². The molecule has 1 unspecified atom stereocenters. The first-order valence-electron chi connectivity index (χ1n) is 13.6. The molecule has 0 radical (unpaired) electrons. The van der Waals surface area contributed by atoms with Gasteiger partial charge in [0.2, 0.25) is 0 Å². The third-order valence-electron chi connectivity index (χ3n) is 7.11. The Balaban J connectivity index is 1.64. The molecule has 5 aromatic rings. The summed E-state index contributed by atoms with van der Waals surface area (Å²) in [4.78, 5) is 17.3. The number of nitrogens with one attached hydrogen (secondary N) is 2. The number of H-pyrrole nitrogens is 2. The van der Waals surface area contributed by atoms with E-state index in [0.717, 1.165) is 67.1 Å². The van der Waals surface area contributed by atoms with Crippen LogP contribution in [0.3, 0.4) is 0 Å². The van der Waals surface area contributed by atoms with Crippen molar-refractivity contribution < 1.29 is 5.11 Å². The van der Waals surface area contributed by atoms with Gasteiger partial charge in [0.15, 0.2) is 0 Å². The molecule has 5 nitrogen and oxygen atoms in total. The van der Waals surface area contributed by atoms with Gasteiger partial charge in [-0.1, -0.05) is 72.5 Å². The Morgan fingerprint density at radius 2 is 1.22 bits per heavy atom. The number of fused-ring (bicyclic) bond motifs is 8. The van der Waals surface area contributed by atoms with Crippen LogP contribution in [-0.2, 0) is 0 Å². The van der Waals surface area contributed by atoms with E-state index in [1.54, 1.807) is 6.92 Å². The Bertz CT molecular complexity index is 2030. The second kappa shape index (κ2) is 10.3. The van der Waals surface area contributed by atoms with Gasteiger partial charge >= 0.3 is 0 Å². The molecule has 7 rings (SSSR count). The van der Waals surface area contributed by atoms with Crippen LogP contribution < -0.4 is 0 Å². The van der Waals surface area contributed by atoms with Crippen molar-refractivity contribution in [2.75, 3.05) is 0 Å². The van der Waals surface area contributed by atoms with E-state index >= 15 is 0 Å². The lowest BCUT2D eigenvalue weighted by Crippen LogP contribution is -1.94. The molecule has 3 aromatic heterocycles. The number of aromatic amines is 2. The molecule has 2 aromatic carbocycles. The molecule has 2 aliphatic heterocycles. The maximum Gasteiger partial charge on any atom is 0.112 e. The van der Waals surface area contributed by atoms with Crippen molar-refractivity contribution in [3.63, 3.8) is 0 Å². The lowest BCUT2D eigenvalue weighted by atomic mass is 10.0. The molecular formula is C36H26N4O. The molecule has 0 aliphatic carbocycles. The fraction of sp³-hybridized carbons (Fsp3) is 0.0556. The van der Waals surface area contributed by atoms with Crippen molar-refractivity contribution in [2.24, 2.45) is 0 Å². The molecule has 8 bridgehead atoms. The quantitative estimate of drug-likeness (QED) is 0.200. The third kappa shape index (κ3) is 4.78. The Kier molecular flexibility index (Phi) is 6.16. The fourth-order valence-corrected chi connectivity index (χ4v) is 5.26. The molecule has 1 atom stereocenters. The van der Waals surface area contributed by atoms with Crippen LogP contribution in [0.2, 0.25) is 0 Å². The standard InChI is InChI=1S/C36H26N4O/c1-23(41)12-15-28-29-18-20-33(39-29)35(24-8-4-2-5-9-24)31-16-13-26(37-31)22-27-14-17-32(38-27)36(25-10-6-3-7-11-25)34-21-19-30(28)40-34/h2-11,13-14,16-23,37,40-41H,1H3. The summed E-state index contributed by atoms with van der Waals surface area (Å²) < 4.78 is 0. The van der Waals surface area contributed by atoms with Crippen LogP contribution in [0.4, 0.5) is 0 Å². The van der Waals surface area contributed by atoms with E-state index in [4.69, 9.17) is 9.97 Å². The molecular weight excluding hydrogens is 504 g/mol. The molecule has 0 fully saturated rings. The predicted octanol–water partition coefficient (Wildman–Crippen LogP) is 7.72. The number of nitrogens with zero attached hydrogens (tertiary/aromatic N) is 2. The van der Waals surface area contributed by atoms with Gasteiger partial charge in [0.25, 0.3) is 0 Å². The molecule has 5 heterocycles. The highest BCUT2D eigenvalue weighted by Crippen LogP contribution is 2.33. The maximum absolute atomic E-state index is 10.0. The van der Waals surface area contributed by atoms with E-state index in [1.165, 1.54) is 0 Å². The molecule has 0 saturated carbocycles. The number of hydrogen-bond acceptors (Lipinski definition) is 3. The summed E-state index contributed by atoms with van der Waals surface area (Å²) in [5, 5.41) is 10.0. The Morgan fingerprint density at radius 1 is 0.634 bits per heavy atom. The van der Waals surface area contributed by atoms with E-state index in [-0.39, 0.29) is 0 Å². The summed E-state index contributed by atoms with van der Waals surface area (Å²) in [7, 11) is 0. The lowest BCUT2D eigenvalue weighted by molar-refractivity contribution is 0.253. The van der Waals surface area contributed by atoms with E-state index in [0.29, 0.717) is 5.56 Å². The first-order valence-corrected chi connectivity index (χ1v) is 13.6. The normalized spacial score (nSPS) is 12.6. The minimum atomic E-state index is -0.773. The SMILES string of the molecule is CC(O)C#Cc1c2nc(c(-c3ccccc3)c3ccc(cc4nc(c(-c5ccccc5)c5ccc1[nH]5)C=C4)[nH]3)C=C2. The number of aromatic nitrogens is 4. The van der Waals surface area contributed by atoms with Gasteiger partial charge in [0.1, 0.15) is 6.10 Å². The van der Waals surface area contributed by atoms with Gasteiger partial charge in [-0.25, -0.2) is 9.97 Å². The van der Waals surface area contributed by atoms with Gasteiger partial charge in [-0.3, -0.25) is 0 Å². The van der Waals surface area contributed by atoms with Gasteiger partial charge in [0.05, 0.1) is 33.9 Å². The number of rotatable bonds is 2. The summed E-state index contributed by atoms with van der Waals surface area (Å²) in [5.74, 6) is 6.12. The summed E-state index contributed by atoms with van der Waals surface area (Å²) in [6.07, 6.45) is 7.34. The zero-order chi connectivity index (χ0) is 27.8. The second-order valence-corrected chi connectivity index (χ2v) is 10.0. The average Bonchev–Trinajstić information content (AvgIpc) is 3.80. The number of aliphatic hydroxyl groups is 1. The van der Waals surface area contributed by atoms with Gasteiger partial charge < -0.3 is 15.1 Å². The van der Waals surface area contributed by atoms with Crippen molar-refractivity contribution in [3.05, 3.63) is 119 Å². The number of hydrogen-bond donors (Lipinski definition) is 3. The topological polar surface area (TPSA) is 77.6 Å². The van der Waals surface area contributed by atoms with Gasteiger partial charge in [-0.05, 0) is 72.7 Å². The molecule has 41 heavy (non-hydrogen) atoms. The monoisotopic (exact) mass is 530 g/mol. The van der Waals surface area contributed by atoms with E-state index in [1.807, 2.05) is 60.7 Å². The van der Waals surface area contributed by atoms with Crippen molar-refractivity contribution in [2.45, 2.75) is 13.0 Å². The van der Waals surface area contributed by atoms with Crippen LogP contribution in [0.1, 0.15) is 35.3 Å². The van der Waals surface area contributed by atoms with Crippen molar-refractivity contribution >= 4 is 46.4 Å². The largest absolute Gasteiger partial charge is 0.381 e. The zero-order valence-corrected chi connectivity index (χ0v) is 22.4. The minimum absolute atomic E-state index is 0.715. The molecule has 5 heteroatoms. The highest BCUT2D eigenvalue weighted by atomic mass is 16.3. The van der Waals surface area contributed by atoms with Crippen LogP contribution in [-0.4, -0.2) is 31.1 Å². The lowest BCUT2D eigenvalue weighted by Gasteiger charge is -2.04. The summed E-state index contributed by atoms with van der Waals surface area (Å²) in [6, 6.07) is 30.8. The summed E-state index contributed by atoms with van der Waals surface area (Å²) in [6.45, 7) is 1.66. The molecule has 0 amide bonds. The van der Waals surface area contributed by atoms with E-state index in [9.17, 15) is 5.11 Å². The average molecular weight is 531 g/mol. The van der Waals surface area contributed by atoms with Gasteiger partial charge in [-0.15, -0.1) is 0 Å². The first-order chi connectivity index (χ1) is 20.1. The van der Waals surface area contributed by atoms with E-state index < -0.39 is 6.10 Å². The molecule has 0 spiro atoms. The van der Waals surface area contributed by atoms with Crippen LogP contribution in [0, 0.1) is 11.8 Å². The highest BCUT2D eigenvalue weighted by Gasteiger charge is 2.15. The summed E-state index contributed by atoms with van der Waals surface area (Å²) >= 11 is 0. The smallest absolute Gasteiger partial charge is 0.112 e. The van der Waals surface area contributed by atoms with Crippen molar-refractivity contribution in [3.8, 4) is 34.1 Å². The second-order valence-electron chi connectivity index (χ2n) is 10.0. The minimum Gasteiger partial charge on any atom is -0.381 e. The van der Waals surface area contributed by atoms with Gasteiger partial charge in [-0.2, -0.15) is 0 Å². The highest BCUT2D eigenvalue weighted by molar-refractivity contribution is 5.94. The molecule has 2 aliphatic rings. The van der Waals surface area contributed by atoms with Crippen LogP contribution >= 0.6 is 0 Å². The van der Waals surface area contributed by atoms with Crippen LogP contribution in [0.25, 0.3) is 68.6 Å². The van der Waals surface area contributed by atoms with Gasteiger partial charge in [0, 0.05) is 27.7 Å². The fourth-order valence-electron chi connectivity index (χ4n) is 5.26. The first kappa shape index (κ1) is 24.6. The Hall–Kier alpha value is -5.44. The number of aliphatic hydroxyl groups excluding tert-OH is 1. The summed E-state index contributed by atoms with van der Waals surface area (Å²) in [5.41, 5.74) is 11.8.